The number of nitrogens with zero attached hydrogens (tertiary/aromatic N) is 2. The third-order valence-corrected chi connectivity index (χ3v) is 5.59. The average Bonchev–Trinajstić information content (AvgIpc) is 2.65. The van der Waals surface area contributed by atoms with Crippen LogP contribution in [0.5, 0.6) is 5.75 Å². The highest BCUT2D eigenvalue weighted by atomic mass is 19.2. The van der Waals surface area contributed by atoms with Crippen LogP contribution in [0.15, 0.2) is 23.8 Å². The van der Waals surface area contributed by atoms with Crippen molar-refractivity contribution in [1.82, 2.24) is 0 Å². The lowest BCUT2D eigenvalue weighted by Crippen LogP contribution is -2.47. The number of nitriles is 2. The molecule has 0 heterocycles. The SMILES string of the molecule is CC12CCC(C(=O)Oc3ccc(CO)c(C#N)c3C#N)(CC1)C(F)=C2F. The summed E-state index contributed by atoms with van der Waals surface area (Å²) in [7, 11) is 0. The Bertz CT molecular complexity index is 901. The molecule has 0 saturated heterocycles. The number of halogens is 2. The average molecular weight is 358 g/mol. The minimum atomic E-state index is -1.68. The Morgan fingerprint density at radius 1 is 1.15 bits per heavy atom. The monoisotopic (exact) mass is 358 g/mol. The van der Waals surface area contributed by atoms with Crippen molar-refractivity contribution in [3.8, 4) is 17.9 Å². The van der Waals surface area contributed by atoms with Gasteiger partial charge < -0.3 is 9.84 Å². The second kappa shape index (κ2) is 6.19. The van der Waals surface area contributed by atoms with Gasteiger partial charge in [-0.3, -0.25) is 4.79 Å². The number of fused-ring (bicyclic) bond motifs is 2. The first-order valence-corrected chi connectivity index (χ1v) is 8.18. The van der Waals surface area contributed by atoms with Gasteiger partial charge >= 0.3 is 5.97 Å². The van der Waals surface area contributed by atoms with Crippen LogP contribution in [0.25, 0.3) is 0 Å². The summed E-state index contributed by atoms with van der Waals surface area (Å²) in [6.45, 7) is 1.17. The van der Waals surface area contributed by atoms with Crippen LogP contribution in [0.3, 0.4) is 0 Å². The highest BCUT2D eigenvalue weighted by Crippen LogP contribution is 2.60. The molecule has 0 radical (unpaired) electrons. The maximum Gasteiger partial charge on any atom is 0.324 e. The van der Waals surface area contributed by atoms with Crippen LogP contribution in [0, 0.1) is 33.5 Å². The number of allylic oxidation sites excluding steroid dienone is 1. The minimum absolute atomic E-state index is 0.111. The van der Waals surface area contributed by atoms with E-state index in [2.05, 4.69) is 0 Å². The van der Waals surface area contributed by atoms with Crippen molar-refractivity contribution in [2.75, 3.05) is 0 Å². The molecule has 0 amide bonds. The Kier molecular flexibility index (Phi) is 4.29. The number of esters is 1. The molecule has 0 aliphatic heterocycles. The summed E-state index contributed by atoms with van der Waals surface area (Å²) in [6, 6.07) is 6.19. The van der Waals surface area contributed by atoms with Gasteiger partial charge in [0.25, 0.3) is 0 Å². The maximum atomic E-state index is 14.6. The van der Waals surface area contributed by atoms with Crippen LogP contribution in [0.1, 0.15) is 49.3 Å². The number of carbonyl (C=O) groups excluding carboxylic acids is 1. The van der Waals surface area contributed by atoms with Crippen LogP contribution < -0.4 is 4.74 Å². The fourth-order valence-corrected chi connectivity index (χ4v) is 3.72. The lowest BCUT2D eigenvalue weighted by atomic mass is 9.57. The van der Waals surface area contributed by atoms with E-state index in [-0.39, 0.29) is 35.3 Å². The number of carbonyl (C=O) groups is 1. The molecule has 0 atom stereocenters. The van der Waals surface area contributed by atoms with Gasteiger partial charge in [-0.25, -0.2) is 8.78 Å². The van der Waals surface area contributed by atoms with E-state index >= 15 is 0 Å². The fourth-order valence-electron chi connectivity index (χ4n) is 3.72. The van der Waals surface area contributed by atoms with E-state index in [1.807, 2.05) is 0 Å². The molecule has 1 aromatic carbocycles. The largest absolute Gasteiger partial charge is 0.424 e. The summed E-state index contributed by atoms with van der Waals surface area (Å²) in [4.78, 5) is 12.7. The van der Waals surface area contributed by atoms with Crippen molar-refractivity contribution in [1.29, 1.82) is 10.5 Å². The Labute approximate surface area is 149 Å². The summed E-state index contributed by atoms with van der Waals surface area (Å²) in [5.74, 6) is -3.16. The first-order valence-electron chi connectivity index (χ1n) is 8.18. The number of hydrogen-bond donors (Lipinski definition) is 1. The standard InChI is InChI=1S/C19H16F2N2O3/c1-18-4-6-19(7-5-18,16(21)15(18)20)17(25)26-14-3-2-11(10-24)12(8-22)13(14)9-23/h2-3,24H,4-7,10H2,1H3. The second-order valence-corrected chi connectivity index (χ2v) is 7.01. The van der Waals surface area contributed by atoms with Crippen molar-refractivity contribution < 1.29 is 23.4 Å². The van der Waals surface area contributed by atoms with Crippen LogP contribution in [0.4, 0.5) is 8.78 Å². The summed E-state index contributed by atoms with van der Waals surface area (Å²) in [5.41, 5.74) is -2.67. The third kappa shape index (κ3) is 2.40. The summed E-state index contributed by atoms with van der Waals surface area (Å²) >= 11 is 0. The van der Waals surface area contributed by atoms with Crippen molar-refractivity contribution in [3.05, 3.63) is 40.5 Å². The number of aliphatic hydroxyl groups excluding tert-OH is 1. The van der Waals surface area contributed by atoms with Crippen LogP contribution in [-0.2, 0) is 11.4 Å². The lowest BCUT2D eigenvalue weighted by molar-refractivity contribution is -0.149. The van der Waals surface area contributed by atoms with Crippen molar-refractivity contribution in [2.45, 2.75) is 39.2 Å². The number of ether oxygens (including phenoxy) is 1. The topological polar surface area (TPSA) is 94.1 Å². The zero-order valence-electron chi connectivity index (χ0n) is 14.1. The van der Waals surface area contributed by atoms with Gasteiger partial charge in [-0.05, 0) is 37.3 Å². The predicted octanol–water partition coefficient (Wildman–Crippen LogP) is 3.56. The van der Waals surface area contributed by atoms with Crippen molar-refractivity contribution in [2.24, 2.45) is 10.8 Å². The molecule has 1 saturated carbocycles. The summed E-state index contributed by atoms with van der Waals surface area (Å²) in [5, 5.41) is 27.8. The van der Waals surface area contributed by atoms with Gasteiger partial charge in [-0.15, -0.1) is 0 Å². The molecular weight excluding hydrogens is 342 g/mol. The zero-order valence-corrected chi connectivity index (χ0v) is 14.1. The Morgan fingerprint density at radius 3 is 2.31 bits per heavy atom. The Morgan fingerprint density at radius 2 is 1.77 bits per heavy atom. The highest BCUT2D eigenvalue weighted by Gasteiger charge is 2.58. The van der Waals surface area contributed by atoms with Gasteiger partial charge in [-0.2, -0.15) is 10.5 Å². The Hall–Kier alpha value is -2.77. The lowest BCUT2D eigenvalue weighted by Gasteiger charge is -2.47. The molecule has 5 nitrogen and oxygen atoms in total. The third-order valence-electron chi connectivity index (χ3n) is 5.59. The molecule has 7 heteroatoms. The molecule has 2 bridgehead atoms. The number of benzene rings is 1. The number of hydrogen-bond acceptors (Lipinski definition) is 5. The molecular formula is C19H16F2N2O3. The molecule has 26 heavy (non-hydrogen) atoms. The molecule has 1 N–H and O–H groups in total. The minimum Gasteiger partial charge on any atom is -0.424 e. The normalized spacial score (nSPS) is 27.0. The van der Waals surface area contributed by atoms with E-state index in [0.717, 1.165) is 0 Å². The molecule has 134 valence electrons. The first kappa shape index (κ1) is 18.0. The molecule has 3 aliphatic carbocycles. The van der Waals surface area contributed by atoms with Crippen LogP contribution in [0.2, 0.25) is 0 Å². The van der Waals surface area contributed by atoms with Crippen molar-refractivity contribution >= 4 is 5.97 Å². The van der Waals surface area contributed by atoms with Crippen molar-refractivity contribution in [3.63, 3.8) is 0 Å². The fraction of sp³-hybridized carbons (Fsp3) is 0.421. The quantitative estimate of drug-likeness (QED) is 0.658. The predicted molar refractivity (Wildman–Crippen MR) is 85.7 cm³/mol. The van der Waals surface area contributed by atoms with Gasteiger partial charge in [0.15, 0.2) is 0 Å². The smallest absolute Gasteiger partial charge is 0.324 e. The molecule has 3 aliphatic rings. The Balaban J connectivity index is 2.00. The zero-order chi connectivity index (χ0) is 19.1. The van der Waals surface area contributed by atoms with E-state index in [0.29, 0.717) is 12.8 Å². The summed E-state index contributed by atoms with van der Waals surface area (Å²) < 4.78 is 34.2. The van der Waals surface area contributed by atoms with Gasteiger partial charge in [-0.1, -0.05) is 13.0 Å². The van der Waals surface area contributed by atoms with E-state index in [4.69, 9.17) is 4.74 Å². The van der Waals surface area contributed by atoms with E-state index in [9.17, 15) is 29.2 Å². The first-order chi connectivity index (χ1) is 12.3. The number of aliphatic hydroxyl groups is 1. The summed E-state index contributed by atoms with van der Waals surface area (Å²) in [6.07, 6.45) is 0.922. The molecule has 1 fully saturated rings. The molecule has 0 unspecified atom stereocenters. The number of rotatable bonds is 3. The molecule has 0 spiro atoms. The molecule has 4 rings (SSSR count). The highest BCUT2D eigenvalue weighted by molar-refractivity contribution is 5.84. The van der Waals surface area contributed by atoms with Gasteiger partial charge in [0.1, 0.15) is 40.5 Å². The van der Waals surface area contributed by atoms with Gasteiger partial charge in [0, 0.05) is 5.41 Å². The molecule has 1 aromatic rings. The molecule has 0 aromatic heterocycles. The van der Waals surface area contributed by atoms with E-state index < -0.39 is 35.1 Å². The van der Waals surface area contributed by atoms with E-state index in [1.54, 1.807) is 19.1 Å². The second-order valence-electron chi connectivity index (χ2n) is 7.01. The van der Waals surface area contributed by atoms with Gasteiger partial charge in [0.05, 0.1) is 12.2 Å². The van der Waals surface area contributed by atoms with Crippen LogP contribution in [-0.4, -0.2) is 11.1 Å². The maximum absolute atomic E-state index is 14.6. The van der Waals surface area contributed by atoms with E-state index in [1.165, 1.54) is 12.1 Å². The van der Waals surface area contributed by atoms with Gasteiger partial charge in [0.2, 0.25) is 0 Å². The van der Waals surface area contributed by atoms with Crippen LogP contribution >= 0.6 is 0 Å².